The summed E-state index contributed by atoms with van der Waals surface area (Å²) in [5.74, 6) is 1.92. The largest absolute Gasteiger partial charge is 0.373 e. The number of nitrogens with two attached hydrogens (primary N) is 1. The molecular formula is C13H23N5O. The van der Waals surface area contributed by atoms with E-state index in [0.717, 1.165) is 43.3 Å². The summed E-state index contributed by atoms with van der Waals surface area (Å²) in [6.07, 6.45) is 2.80. The number of aromatic nitrogens is 2. The van der Waals surface area contributed by atoms with Gasteiger partial charge in [-0.1, -0.05) is 20.3 Å². The van der Waals surface area contributed by atoms with Crippen LogP contribution in [-0.2, 0) is 11.2 Å². The highest BCUT2D eigenvalue weighted by Gasteiger charge is 2.12. The summed E-state index contributed by atoms with van der Waals surface area (Å²) in [4.78, 5) is 21.9. The Bertz CT molecular complexity index is 399. The molecule has 3 N–H and O–H groups in total. The topological polar surface area (TPSA) is 84.1 Å². The molecule has 1 heterocycles. The molecule has 0 fully saturated rings. The van der Waals surface area contributed by atoms with Crippen molar-refractivity contribution < 1.29 is 4.79 Å². The molecule has 6 nitrogen and oxygen atoms in total. The molecule has 0 saturated carbocycles. The molecule has 6 heteroatoms. The van der Waals surface area contributed by atoms with Gasteiger partial charge in [0, 0.05) is 26.1 Å². The Morgan fingerprint density at radius 2 is 2.16 bits per heavy atom. The minimum atomic E-state index is -0.348. The maximum Gasteiger partial charge on any atom is 0.236 e. The minimum absolute atomic E-state index is 0.184. The van der Waals surface area contributed by atoms with Gasteiger partial charge in [-0.2, -0.15) is 0 Å². The number of rotatable bonds is 8. The lowest BCUT2D eigenvalue weighted by Gasteiger charge is -2.22. The highest BCUT2D eigenvalue weighted by Crippen LogP contribution is 2.16. The molecule has 1 aromatic rings. The van der Waals surface area contributed by atoms with Crippen molar-refractivity contribution in [2.24, 2.45) is 5.73 Å². The van der Waals surface area contributed by atoms with Crippen molar-refractivity contribution in [1.29, 1.82) is 0 Å². The van der Waals surface area contributed by atoms with Crippen molar-refractivity contribution >= 4 is 17.5 Å². The number of carbonyl (C=O) groups excluding carboxylic acids is 1. The van der Waals surface area contributed by atoms with E-state index in [9.17, 15) is 4.79 Å². The molecule has 1 amide bonds. The SMILES string of the molecule is CCCCN(CC(N)=O)c1cc(NC)nc(CC)n1. The van der Waals surface area contributed by atoms with Gasteiger partial charge in [-0.15, -0.1) is 0 Å². The number of anilines is 2. The maximum atomic E-state index is 11.2. The zero-order valence-electron chi connectivity index (χ0n) is 11.9. The molecule has 0 aliphatic rings. The second-order valence-electron chi connectivity index (χ2n) is 4.37. The van der Waals surface area contributed by atoms with Crippen LogP contribution in [-0.4, -0.2) is 36.0 Å². The summed E-state index contributed by atoms with van der Waals surface area (Å²) in [5, 5.41) is 3.01. The lowest BCUT2D eigenvalue weighted by molar-refractivity contribution is -0.116. The maximum absolute atomic E-state index is 11.2. The minimum Gasteiger partial charge on any atom is -0.373 e. The second-order valence-corrected chi connectivity index (χ2v) is 4.37. The first-order chi connectivity index (χ1) is 9.10. The standard InChI is InChI=1S/C13H23N5O/c1-4-6-7-18(9-10(14)19)13-8-12(15-3)16-11(5-2)17-13/h8H,4-7,9H2,1-3H3,(H2,14,19)(H,15,16,17). The van der Waals surface area contributed by atoms with Crippen LogP contribution in [0, 0.1) is 0 Å². The van der Waals surface area contributed by atoms with E-state index in [4.69, 9.17) is 5.73 Å². The van der Waals surface area contributed by atoms with Crippen LogP contribution in [0.3, 0.4) is 0 Å². The van der Waals surface area contributed by atoms with Crippen molar-refractivity contribution in [3.05, 3.63) is 11.9 Å². The lowest BCUT2D eigenvalue weighted by atomic mass is 10.3. The van der Waals surface area contributed by atoms with E-state index in [0.29, 0.717) is 0 Å². The number of carbonyl (C=O) groups is 1. The molecule has 0 atom stereocenters. The van der Waals surface area contributed by atoms with Crippen molar-refractivity contribution in [1.82, 2.24) is 9.97 Å². The average Bonchev–Trinajstić information content (AvgIpc) is 2.42. The first-order valence-corrected chi connectivity index (χ1v) is 6.69. The number of hydrogen-bond acceptors (Lipinski definition) is 5. The summed E-state index contributed by atoms with van der Waals surface area (Å²) in [6, 6.07) is 1.84. The number of unbranched alkanes of at least 4 members (excludes halogenated alkanes) is 1. The van der Waals surface area contributed by atoms with Gasteiger partial charge in [-0.25, -0.2) is 9.97 Å². The lowest BCUT2D eigenvalue weighted by Crippen LogP contribution is -2.35. The van der Waals surface area contributed by atoms with Gasteiger partial charge in [0.2, 0.25) is 5.91 Å². The number of aryl methyl sites for hydroxylation is 1. The zero-order valence-corrected chi connectivity index (χ0v) is 11.9. The van der Waals surface area contributed by atoms with E-state index in [-0.39, 0.29) is 12.5 Å². The van der Waals surface area contributed by atoms with Crippen molar-refractivity contribution in [2.45, 2.75) is 33.1 Å². The molecule has 1 rings (SSSR count). The third kappa shape index (κ3) is 4.73. The quantitative estimate of drug-likeness (QED) is 0.737. The molecule has 19 heavy (non-hydrogen) atoms. The molecule has 106 valence electrons. The fraction of sp³-hybridized carbons (Fsp3) is 0.615. The van der Waals surface area contributed by atoms with Gasteiger partial charge in [0.25, 0.3) is 0 Å². The van der Waals surface area contributed by atoms with Crippen LogP contribution in [0.1, 0.15) is 32.5 Å². The van der Waals surface area contributed by atoms with Crippen LogP contribution in [0.15, 0.2) is 6.07 Å². The summed E-state index contributed by atoms with van der Waals surface area (Å²) < 4.78 is 0. The molecule has 1 aromatic heterocycles. The van der Waals surface area contributed by atoms with Gasteiger partial charge < -0.3 is 16.0 Å². The van der Waals surface area contributed by atoms with Gasteiger partial charge >= 0.3 is 0 Å². The Kier molecular flexibility index (Phi) is 6.05. The van der Waals surface area contributed by atoms with Gasteiger partial charge in [-0.3, -0.25) is 4.79 Å². The Hall–Kier alpha value is -1.85. The van der Waals surface area contributed by atoms with Crippen LogP contribution in [0.5, 0.6) is 0 Å². The molecule has 0 bridgehead atoms. The van der Waals surface area contributed by atoms with E-state index in [1.807, 2.05) is 24.9 Å². The van der Waals surface area contributed by atoms with Crippen LogP contribution in [0.2, 0.25) is 0 Å². The smallest absolute Gasteiger partial charge is 0.236 e. The van der Waals surface area contributed by atoms with Gasteiger partial charge in [-0.05, 0) is 6.42 Å². The number of primary amides is 1. The molecule has 0 aliphatic carbocycles. The molecule has 0 spiro atoms. The highest BCUT2D eigenvalue weighted by atomic mass is 16.1. The first kappa shape index (κ1) is 15.2. The third-order valence-corrected chi connectivity index (χ3v) is 2.78. The zero-order chi connectivity index (χ0) is 14.3. The molecule has 0 aliphatic heterocycles. The van der Waals surface area contributed by atoms with Crippen LogP contribution >= 0.6 is 0 Å². The fourth-order valence-electron chi connectivity index (χ4n) is 1.74. The number of nitrogens with zero attached hydrogens (tertiary/aromatic N) is 3. The van der Waals surface area contributed by atoms with E-state index in [1.165, 1.54) is 0 Å². The molecule has 0 unspecified atom stereocenters. The van der Waals surface area contributed by atoms with Crippen LogP contribution in [0.4, 0.5) is 11.6 Å². The summed E-state index contributed by atoms with van der Waals surface area (Å²) in [5.41, 5.74) is 5.30. The Morgan fingerprint density at radius 3 is 2.68 bits per heavy atom. The van der Waals surface area contributed by atoms with E-state index in [2.05, 4.69) is 22.2 Å². The summed E-state index contributed by atoms with van der Waals surface area (Å²) >= 11 is 0. The first-order valence-electron chi connectivity index (χ1n) is 6.69. The fourth-order valence-corrected chi connectivity index (χ4v) is 1.74. The van der Waals surface area contributed by atoms with Crippen LogP contribution in [0.25, 0.3) is 0 Å². The Balaban J connectivity index is 3.01. The number of hydrogen-bond donors (Lipinski definition) is 2. The van der Waals surface area contributed by atoms with Crippen molar-refractivity contribution in [3.63, 3.8) is 0 Å². The Labute approximate surface area is 114 Å². The molecular weight excluding hydrogens is 242 g/mol. The van der Waals surface area contributed by atoms with Crippen molar-refractivity contribution in [2.75, 3.05) is 30.4 Å². The van der Waals surface area contributed by atoms with E-state index < -0.39 is 0 Å². The summed E-state index contributed by atoms with van der Waals surface area (Å²) in [6.45, 7) is 5.06. The molecule has 0 saturated heterocycles. The van der Waals surface area contributed by atoms with Gasteiger partial charge in [0.1, 0.15) is 17.5 Å². The average molecular weight is 265 g/mol. The molecule has 0 aromatic carbocycles. The summed E-state index contributed by atoms with van der Waals surface area (Å²) in [7, 11) is 1.82. The van der Waals surface area contributed by atoms with E-state index >= 15 is 0 Å². The number of amides is 1. The van der Waals surface area contributed by atoms with E-state index in [1.54, 1.807) is 0 Å². The monoisotopic (exact) mass is 265 g/mol. The predicted octanol–water partition coefficient (Wildman–Crippen LogP) is 1.17. The van der Waals surface area contributed by atoms with Gasteiger partial charge in [0.05, 0.1) is 6.54 Å². The predicted molar refractivity (Wildman–Crippen MR) is 77.3 cm³/mol. The number of nitrogens with one attached hydrogen (secondary N) is 1. The second kappa shape index (κ2) is 7.56. The van der Waals surface area contributed by atoms with Crippen LogP contribution < -0.4 is 16.0 Å². The molecule has 0 radical (unpaired) electrons. The highest BCUT2D eigenvalue weighted by molar-refractivity contribution is 5.79. The Morgan fingerprint density at radius 1 is 1.42 bits per heavy atom. The van der Waals surface area contributed by atoms with Gasteiger partial charge in [0.15, 0.2) is 0 Å². The van der Waals surface area contributed by atoms with Crippen molar-refractivity contribution in [3.8, 4) is 0 Å². The normalized spacial score (nSPS) is 10.3. The third-order valence-electron chi connectivity index (χ3n) is 2.78.